The van der Waals surface area contributed by atoms with Gasteiger partial charge in [-0.3, -0.25) is 0 Å². The molecule has 2 aromatic rings. The van der Waals surface area contributed by atoms with Gasteiger partial charge in [0.25, 0.3) is 0 Å². The van der Waals surface area contributed by atoms with Gasteiger partial charge in [0.05, 0.1) is 11.9 Å². The highest BCUT2D eigenvalue weighted by Gasteiger charge is 2.13. The summed E-state index contributed by atoms with van der Waals surface area (Å²) < 4.78 is 17.2. The van der Waals surface area contributed by atoms with Gasteiger partial charge in [-0.15, -0.1) is 0 Å². The maximum absolute atomic E-state index is 14.2. The van der Waals surface area contributed by atoms with E-state index in [9.17, 15) is 4.39 Å². The number of nitrogens with zero attached hydrogens (tertiary/aromatic N) is 3. The fourth-order valence-electron chi connectivity index (χ4n) is 1.77. The molecule has 0 saturated heterocycles. The summed E-state index contributed by atoms with van der Waals surface area (Å²) in [5, 5.41) is 0.316. The molecular formula is C14H17FN4S. The fraction of sp³-hybridized carbons (Fsp3) is 0.286. The summed E-state index contributed by atoms with van der Waals surface area (Å²) in [5.74, 6) is 0.381. The molecule has 0 bridgehead atoms. The van der Waals surface area contributed by atoms with Gasteiger partial charge in [-0.1, -0.05) is 6.07 Å². The fourth-order valence-corrected chi connectivity index (χ4v) is 2.43. The third-order valence-electron chi connectivity index (χ3n) is 2.83. The molecule has 2 rings (SSSR count). The topological polar surface area (TPSA) is 41.1 Å². The Morgan fingerprint density at radius 3 is 2.65 bits per heavy atom. The van der Waals surface area contributed by atoms with Crippen LogP contribution in [0.5, 0.6) is 0 Å². The largest absolute Gasteiger partial charge is 0.376 e. The van der Waals surface area contributed by atoms with Gasteiger partial charge in [-0.25, -0.2) is 14.4 Å². The Kier molecular flexibility index (Phi) is 4.44. The molecule has 4 nitrogen and oxygen atoms in total. The van der Waals surface area contributed by atoms with Gasteiger partial charge in [0.15, 0.2) is 10.8 Å². The van der Waals surface area contributed by atoms with E-state index in [2.05, 4.69) is 14.7 Å². The van der Waals surface area contributed by atoms with Gasteiger partial charge in [0, 0.05) is 37.3 Å². The minimum absolute atomic E-state index is 0.304. The molecule has 0 aliphatic rings. The quantitative estimate of drug-likeness (QED) is 0.875. The van der Waals surface area contributed by atoms with Gasteiger partial charge in [-0.05, 0) is 26.0 Å². The molecule has 0 spiro atoms. The van der Waals surface area contributed by atoms with Crippen molar-refractivity contribution >= 4 is 23.5 Å². The number of pyridine rings is 2. The minimum Gasteiger partial charge on any atom is -0.376 e. The van der Waals surface area contributed by atoms with Crippen LogP contribution in [0.1, 0.15) is 11.3 Å². The molecule has 1 N–H and O–H groups in total. The van der Waals surface area contributed by atoms with Crippen LogP contribution in [0, 0.1) is 19.7 Å². The summed E-state index contributed by atoms with van der Waals surface area (Å²) in [6.45, 7) is 3.66. The SMILES string of the molecule is Cc1cccc(NSc2ncc(N(C)C)c(C)c2F)n1. The molecule has 0 amide bonds. The molecule has 2 aromatic heterocycles. The normalized spacial score (nSPS) is 10.4. The first-order valence-electron chi connectivity index (χ1n) is 6.18. The highest BCUT2D eigenvalue weighted by molar-refractivity contribution is 8.00. The third kappa shape index (κ3) is 3.19. The second-order valence-corrected chi connectivity index (χ2v) is 5.45. The second kappa shape index (κ2) is 6.09. The zero-order chi connectivity index (χ0) is 14.7. The maximum atomic E-state index is 14.2. The average molecular weight is 292 g/mol. The first-order valence-corrected chi connectivity index (χ1v) is 6.99. The smallest absolute Gasteiger partial charge is 0.162 e. The number of hydrogen-bond acceptors (Lipinski definition) is 5. The Morgan fingerprint density at radius 1 is 1.25 bits per heavy atom. The van der Waals surface area contributed by atoms with Crippen LogP contribution in [0.25, 0.3) is 0 Å². The van der Waals surface area contributed by atoms with Gasteiger partial charge in [0.1, 0.15) is 5.82 Å². The van der Waals surface area contributed by atoms with Crippen LogP contribution >= 0.6 is 11.9 Å². The van der Waals surface area contributed by atoms with E-state index in [-0.39, 0.29) is 5.82 Å². The number of nitrogens with one attached hydrogen (secondary N) is 1. The van der Waals surface area contributed by atoms with Crippen LogP contribution in [0.2, 0.25) is 0 Å². The van der Waals surface area contributed by atoms with Crippen molar-refractivity contribution in [3.63, 3.8) is 0 Å². The molecular weight excluding hydrogens is 275 g/mol. The summed E-state index contributed by atoms with van der Waals surface area (Å²) in [6, 6.07) is 5.64. The number of hydrogen-bond donors (Lipinski definition) is 1. The Balaban J connectivity index is 2.16. The molecule has 0 radical (unpaired) electrons. The first kappa shape index (κ1) is 14.6. The first-order chi connectivity index (χ1) is 9.49. The molecule has 0 aliphatic carbocycles. The van der Waals surface area contributed by atoms with Gasteiger partial charge >= 0.3 is 0 Å². The van der Waals surface area contributed by atoms with Crippen LogP contribution in [0.4, 0.5) is 15.9 Å². The van der Waals surface area contributed by atoms with Crippen molar-refractivity contribution in [3.8, 4) is 0 Å². The zero-order valence-electron chi connectivity index (χ0n) is 11.9. The van der Waals surface area contributed by atoms with Crippen LogP contribution < -0.4 is 9.62 Å². The molecule has 0 aliphatic heterocycles. The Morgan fingerprint density at radius 2 is 2.00 bits per heavy atom. The molecule has 0 unspecified atom stereocenters. The lowest BCUT2D eigenvalue weighted by molar-refractivity contribution is 0.578. The van der Waals surface area contributed by atoms with E-state index < -0.39 is 0 Å². The summed E-state index contributed by atoms with van der Waals surface area (Å²) >= 11 is 1.13. The lowest BCUT2D eigenvalue weighted by Crippen LogP contribution is -2.12. The van der Waals surface area contributed by atoms with Crippen LogP contribution in [-0.4, -0.2) is 24.1 Å². The van der Waals surface area contributed by atoms with Crippen molar-refractivity contribution in [2.75, 3.05) is 23.7 Å². The van der Waals surface area contributed by atoms with Crippen molar-refractivity contribution < 1.29 is 4.39 Å². The lowest BCUT2D eigenvalue weighted by atomic mass is 10.2. The zero-order valence-corrected chi connectivity index (χ0v) is 12.8. The molecule has 0 aromatic carbocycles. The molecule has 106 valence electrons. The van der Waals surface area contributed by atoms with Crippen LogP contribution in [-0.2, 0) is 0 Å². The van der Waals surface area contributed by atoms with E-state index in [4.69, 9.17) is 0 Å². The molecule has 2 heterocycles. The van der Waals surface area contributed by atoms with E-state index in [1.807, 2.05) is 44.1 Å². The Hall–Kier alpha value is -1.82. The van der Waals surface area contributed by atoms with Gasteiger partial charge in [-0.2, -0.15) is 0 Å². The molecule has 0 fully saturated rings. The summed E-state index contributed by atoms with van der Waals surface area (Å²) in [4.78, 5) is 10.3. The Labute approximate surface area is 122 Å². The van der Waals surface area contributed by atoms with Crippen LogP contribution in [0.3, 0.4) is 0 Å². The lowest BCUT2D eigenvalue weighted by Gasteiger charge is -2.16. The van der Waals surface area contributed by atoms with E-state index in [1.54, 1.807) is 13.1 Å². The van der Waals surface area contributed by atoms with Gasteiger partial charge in [0.2, 0.25) is 0 Å². The highest BCUT2D eigenvalue weighted by Crippen LogP contribution is 2.27. The number of rotatable bonds is 4. The number of aryl methyl sites for hydroxylation is 1. The third-order valence-corrected chi connectivity index (χ3v) is 3.62. The number of aromatic nitrogens is 2. The molecule has 6 heteroatoms. The van der Waals surface area contributed by atoms with Crippen molar-refractivity contribution in [1.82, 2.24) is 9.97 Å². The monoisotopic (exact) mass is 292 g/mol. The maximum Gasteiger partial charge on any atom is 0.162 e. The minimum atomic E-state index is -0.304. The molecule has 0 atom stereocenters. The predicted molar refractivity (Wildman–Crippen MR) is 81.7 cm³/mol. The van der Waals surface area contributed by atoms with Crippen molar-refractivity contribution in [2.24, 2.45) is 0 Å². The number of halogens is 1. The second-order valence-electron chi connectivity index (χ2n) is 4.65. The summed E-state index contributed by atoms with van der Waals surface area (Å²) in [7, 11) is 3.73. The van der Waals surface area contributed by atoms with E-state index in [1.165, 1.54) is 0 Å². The van der Waals surface area contributed by atoms with E-state index in [0.717, 1.165) is 23.3 Å². The number of anilines is 2. The van der Waals surface area contributed by atoms with Crippen molar-refractivity contribution in [3.05, 3.63) is 41.5 Å². The van der Waals surface area contributed by atoms with Gasteiger partial charge < -0.3 is 9.62 Å². The predicted octanol–water partition coefficient (Wildman–Crippen LogP) is 3.42. The summed E-state index contributed by atoms with van der Waals surface area (Å²) in [5.41, 5.74) is 2.27. The van der Waals surface area contributed by atoms with Crippen molar-refractivity contribution in [1.29, 1.82) is 0 Å². The summed E-state index contributed by atoms with van der Waals surface area (Å²) in [6.07, 6.45) is 1.67. The Bertz CT molecular complexity index is 616. The van der Waals surface area contributed by atoms with E-state index in [0.29, 0.717) is 16.4 Å². The standard InChI is InChI=1S/C14H17FN4S/c1-9-6-5-7-12(17-9)18-20-14-13(15)10(2)11(8-16-14)19(3)4/h5-8H,1-4H3,(H,17,18). The van der Waals surface area contributed by atoms with E-state index >= 15 is 0 Å². The molecule has 20 heavy (non-hydrogen) atoms. The highest BCUT2D eigenvalue weighted by atomic mass is 32.2. The average Bonchev–Trinajstić information content (AvgIpc) is 2.40. The van der Waals surface area contributed by atoms with Crippen LogP contribution in [0.15, 0.2) is 29.4 Å². The molecule has 0 saturated carbocycles. The van der Waals surface area contributed by atoms with Crippen molar-refractivity contribution in [2.45, 2.75) is 18.9 Å².